The second-order valence-electron chi connectivity index (χ2n) is 5.55. The fourth-order valence-electron chi connectivity index (χ4n) is 2.83. The number of carbonyl (C=O) groups excluding carboxylic acids is 1. The molecule has 3 rings (SSSR count). The van der Waals surface area contributed by atoms with Gasteiger partial charge in [-0.2, -0.15) is 0 Å². The van der Waals surface area contributed by atoms with Gasteiger partial charge in [0.25, 0.3) is 5.91 Å². The van der Waals surface area contributed by atoms with Crippen LogP contribution < -0.4 is 14.4 Å². The first-order valence-corrected chi connectivity index (χ1v) is 9.07. The smallest absolute Gasteiger partial charge is 0.258 e. The summed E-state index contributed by atoms with van der Waals surface area (Å²) in [6.45, 7) is 0.408. The number of sulfonamides is 1. The lowest BCUT2D eigenvalue weighted by atomic mass is 10.1. The predicted octanol–water partition coefficient (Wildman–Crippen LogP) is 1.95. The van der Waals surface area contributed by atoms with Crippen LogP contribution in [0.4, 0.5) is 10.1 Å². The van der Waals surface area contributed by atoms with E-state index in [0.717, 1.165) is 11.6 Å². The maximum absolute atomic E-state index is 13.8. The van der Waals surface area contributed by atoms with Crippen LogP contribution in [-0.2, 0) is 16.4 Å². The van der Waals surface area contributed by atoms with Crippen LogP contribution >= 0.6 is 0 Å². The minimum absolute atomic E-state index is 0.0697. The Hall–Kier alpha value is -2.45. The number of anilines is 1. The van der Waals surface area contributed by atoms with Crippen LogP contribution in [0.3, 0.4) is 0 Å². The molecule has 0 bridgehead atoms. The summed E-state index contributed by atoms with van der Waals surface area (Å²) in [5.74, 6) is -0.881. The lowest BCUT2D eigenvalue weighted by Crippen LogP contribution is -2.29. The fraction of sp³-hybridized carbons (Fsp3) is 0.235. The largest absolute Gasteiger partial charge is 0.494 e. The van der Waals surface area contributed by atoms with Gasteiger partial charge in [0, 0.05) is 17.8 Å². The van der Waals surface area contributed by atoms with Crippen LogP contribution in [0.25, 0.3) is 0 Å². The second-order valence-corrected chi connectivity index (χ2v) is 7.44. The molecular weight excluding hydrogens is 347 g/mol. The van der Waals surface area contributed by atoms with Crippen molar-refractivity contribution in [1.82, 2.24) is 4.72 Å². The number of carbonyl (C=O) groups is 1. The van der Waals surface area contributed by atoms with Gasteiger partial charge in [0.1, 0.15) is 0 Å². The molecule has 0 fully saturated rings. The van der Waals surface area contributed by atoms with Gasteiger partial charge in [-0.3, -0.25) is 4.79 Å². The summed E-state index contributed by atoms with van der Waals surface area (Å²) in [5, 5.41) is 0. The van der Waals surface area contributed by atoms with Crippen molar-refractivity contribution >= 4 is 21.6 Å². The van der Waals surface area contributed by atoms with Gasteiger partial charge >= 0.3 is 0 Å². The molecule has 1 amide bonds. The Bertz CT molecular complexity index is 944. The molecule has 1 heterocycles. The van der Waals surface area contributed by atoms with Crippen LogP contribution in [0.5, 0.6) is 5.75 Å². The number of hydrogen-bond donors (Lipinski definition) is 1. The third kappa shape index (κ3) is 3.10. The van der Waals surface area contributed by atoms with Crippen molar-refractivity contribution in [3.05, 3.63) is 53.3 Å². The van der Waals surface area contributed by atoms with E-state index in [1.807, 2.05) is 0 Å². The van der Waals surface area contributed by atoms with Crippen molar-refractivity contribution in [3.63, 3.8) is 0 Å². The van der Waals surface area contributed by atoms with E-state index in [-0.39, 0.29) is 22.1 Å². The van der Waals surface area contributed by atoms with Crippen molar-refractivity contribution in [2.24, 2.45) is 0 Å². The molecule has 0 aliphatic carbocycles. The highest BCUT2D eigenvalue weighted by Gasteiger charge is 2.27. The van der Waals surface area contributed by atoms with Gasteiger partial charge in [0.05, 0.1) is 12.0 Å². The minimum Gasteiger partial charge on any atom is -0.494 e. The van der Waals surface area contributed by atoms with E-state index in [9.17, 15) is 17.6 Å². The lowest BCUT2D eigenvalue weighted by molar-refractivity contribution is 0.0989. The Morgan fingerprint density at radius 1 is 1.24 bits per heavy atom. The highest BCUT2D eigenvalue weighted by Crippen LogP contribution is 2.31. The fourth-order valence-corrected chi connectivity index (χ4v) is 3.61. The van der Waals surface area contributed by atoms with Gasteiger partial charge in [-0.1, -0.05) is 0 Å². The van der Waals surface area contributed by atoms with Gasteiger partial charge in [-0.25, -0.2) is 17.5 Å². The van der Waals surface area contributed by atoms with Crippen molar-refractivity contribution in [1.29, 1.82) is 0 Å². The van der Waals surface area contributed by atoms with Gasteiger partial charge in [-0.15, -0.1) is 0 Å². The molecule has 132 valence electrons. The molecule has 1 aliphatic heterocycles. The van der Waals surface area contributed by atoms with E-state index < -0.39 is 15.8 Å². The molecule has 0 atom stereocenters. The Labute approximate surface area is 145 Å². The zero-order chi connectivity index (χ0) is 18.2. The first-order valence-electron chi connectivity index (χ1n) is 7.59. The molecule has 0 unspecified atom stereocenters. The Morgan fingerprint density at radius 3 is 2.64 bits per heavy atom. The number of halogens is 1. The van der Waals surface area contributed by atoms with Crippen molar-refractivity contribution in [3.8, 4) is 5.75 Å². The molecule has 6 nitrogen and oxygen atoms in total. The number of rotatable bonds is 4. The molecular formula is C17H17FN2O4S. The molecule has 2 aromatic rings. The van der Waals surface area contributed by atoms with E-state index >= 15 is 0 Å². The normalized spacial score (nSPS) is 13.6. The van der Waals surface area contributed by atoms with E-state index in [1.54, 1.807) is 12.1 Å². The minimum atomic E-state index is -3.54. The highest BCUT2D eigenvalue weighted by atomic mass is 32.2. The third-order valence-electron chi connectivity index (χ3n) is 4.17. The number of fused-ring (bicyclic) bond motifs is 1. The summed E-state index contributed by atoms with van der Waals surface area (Å²) >= 11 is 0. The molecule has 0 saturated heterocycles. The molecule has 0 saturated carbocycles. The molecule has 0 radical (unpaired) electrons. The number of benzene rings is 2. The first kappa shape index (κ1) is 17.4. The number of hydrogen-bond acceptors (Lipinski definition) is 4. The maximum Gasteiger partial charge on any atom is 0.258 e. The Kier molecular flexibility index (Phi) is 4.49. The Morgan fingerprint density at radius 2 is 2.00 bits per heavy atom. The van der Waals surface area contributed by atoms with E-state index in [0.29, 0.717) is 18.7 Å². The standard InChI is InChI=1S/C17H17FN2O4S/c1-19-25(22,23)13-4-5-15-11(9-13)7-8-20(15)17(21)12-3-6-16(24-2)14(18)10-12/h3-6,9-10,19H,7-8H2,1-2H3. The molecule has 0 spiro atoms. The quantitative estimate of drug-likeness (QED) is 0.900. The van der Waals surface area contributed by atoms with Gasteiger partial charge < -0.3 is 9.64 Å². The summed E-state index contributed by atoms with van der Waals surface area (Å²) < 4.78 is 44.7. The molecule has 25 heavy (non-hydrogen) atoms. The maximum atomic E-state index is 13.8. The zero-order valence-electron chi connectivity index (χ0n) is 13.7. The number of amides is 1. The first-order chi connectivity index (χ1) is 11.9. The van der Waals surface area contributed by atoms with E-state index in [1.165, 1.54) is 37.3 Å². The van der Waals surface area contributed by atoms with Crippen LogP contribution in [0.2, 0.25) is 0 Å². The average Bonchev–Trinajstić information content (AvgIpc) is 3.04. The van der Waals surface area contributed by atoms with Crippen LogP contribution in [0.15, 0.2) is 41.3 Å². The predicted molar refractivity (Wildman–Crippen MR) is 91.0 cm³/mol. The number of ether oxygens (including phenoxy) is 1. The SMILES string of the molecule is CNS(=O)(=O)c1ccc2c(c1)CCN2C(=O)c1ccc(OC)c(F)c1. The summed E-state index contributed by atoms with van der Waals surface area (Å²) in [7, 11) is -0.841. The third-order valence-corrected chi connectivity index (χ3v) is 5.58. The zero-order valence-corrected chi connectivity index (χ0v) is 14.6. The summed E-state index contributed by atoms with van der Waals surface area (Å²) in [6, 6.07) is 8.65. The van der Waals surface area contributed by atoms with Gasteiger partial charge in [0.15, 0.2) is 11.6 Å². The summed E-state index contributed by atoms with van der Waals surface area (Å²) in [6.07, 6.45) is 0.535. The van der Waals surface area contributed by atoms with Crippen LogP contribution in [0, 0.1) is 5.82 Å². The number of nitrogens with zero attached hydrogens (tertiary/aromatic N) is 1. The van der Waals surface area contributed by atoms with Crippen LogP contribution in [0.1, 0.15) is 15.9 Å². The molecule has 0 aromatic heterocycles. The van der Waals surface area contributed by atoms with Crippen molar-refractivity contribution in [2.75, 3.05) is 25.6 Å². The highest BCUT2D eigenvalue weighted by molar-refractivity contribution is 7.89. The number of methoxy groups -OCH3 is 1. The van der Waals surface area contributed by atoms with Crippen molar-refractivity contribution in [2.45, 2.75) is 11.3 Å². The number of nitrogens with one attached hydrogen (secondary N) is 1. The van der Waals surface area contributed by atoms with Gasteiger partial charge in [-0.05, 0) is 55.4 Å². The summed E-state index contributed by atoms with van der Waals surface area (Å²) in [4.78, 5) is 14.4. The summed E-state index contributed by atoms with van der Waals surface area (Å²) in [5.41, 5.74) is 1.60. The average molecular weight is 364 g/mol. The molecule has 1 N–H and O–H groups in total. The van der Waals surface area contributed by atoms with Gasteiger partial charge in [0.2, 0.25) is 10.0 Å². The topological polar surface area (TPSA) is 75.7 Å². The second kappa shape index (κ2) is 6.45. The van der Waals surface area contributed by atoms with E-state index in [2.05, 4.69) is 4.72 Å². The Balaban J connectivity index is 1.92. The van der Waals surface area contributed by atoms with Crippen molar-refractivity contribution < 1.29 is 22.3 Å². The lowest BCUT2D eigenvalue weighted by Gasteiger charge is -2.18. The molecule has 1 aliphatic rings. The molecule has 2 aromatic carbocycles. The molecule has 8 heteroatoms. The monoisotopic (exact) mass is 364 g/mol. The van der Waals surface area contributed by atoms with Crippen LogP contribution in [-0.4, -0.2) is 35.0 Å². The van der Waals surface area contributed by atoms with E-state index in [4.69, 9.17) is 4.74 Å².